The summed E-state index contributed by atoms with van der Waals surface area (Å²) in [5.41, 5.74) is 0.950. The van der Waals surface area contributed by atoms with Gasteiger partial charge in [0.15, 0.2) is 0 Å². The normalized spacial score (nSPS) is 21.9. The number of nitrogens with one attached hydrogen (secondary N) is 2. The van der Waals surface area contributed by atoms with E-state index in [4.69, 9.17) is 4.74 Å². The number of carbonyl (C=O) groups excluding carboxylic acids is 1. The summed E-state index contributed by atoms with van der Waals surface area (Å²) in [6, 6.07) is 4.25. The minimum atomic E-state index is -0.397. The van der Waals surface area contributed by atoms with Crippen LogP contribution in [0.4, 0.5) is 4.39 Å². The Hall–Kier alpha value is -1.46. The van der Waals surface area contributed by atoms with Gasteiger partial charge in [-0.25, -0.2) is 4.39 Å². The van der Waals surface area contributed by atoms with E-state index >= 15 is 0 Å². The molecule has 2 N–H and O–H groups in total. The van der Waals surface area contributed by atoms with Gasteiger partial charge in [0.05, 0.1) is 12.1 Å². The van der Waals surface area contributed by atoms with Crippen LogP contribution in [0, 0.1) is 12.7 Å². The van der Waals surface area contributed by atoms with Crippen molar-refractivity contribution in [3.8, 4) is 0 Å². The molecule has 0 aliphatic carbocycles. The van der Waals surface area contributed by atoms with E-state index in [-0.39, 0.29) is 11.4 Å². The van der Waals surface area contributed by atoms with Crippen molar-refractivity contribution in [2.45, 2.75) is 25.3 Å². The zero-order valence-electron chi connectivity index (χ0n) is 12.0. The summed E-state index contributed by atoms with van der Waals surface area (Å²) in [4.78, 5) is 12.2. The van der Waals surface area contributed by atoms with Crippen LogP contribution < -0.4 is 10.6 Å². The van der Waals surface area contributed by atoms with Gasteiger partial charge in [0.2, 0.25) is 0 Å². The van der Waals surface area contributed by atoms with Crippen LogP contribution in [-0.4, -0.2) is 38.3 Å². The second-order valence-corrected chi connectivity index (χ2v) is 5.39. The lowest BCUT2D eigenvalue weighted by Crippen LogP contribution is -2.53. The van der Waals surface area contributed by atoms with Crippen LogP contribution in [0.5, 0.6) is 0 Å². The van der Waals surface area contributed by atoms with Crippen molar-refractivity contribution in [1.82, 2.24) is 10.6 Å². The molecular formula is C15H21FN2O2. The van der Waals surface area contributed by atoms with Crippen LogP contribution in [0.1, 0.15) is 28.8 Å². The van der Waals surface area contributed by atoms with Gasteiger partial charge in [-0.05, 0) is 44.0 Å². The second kappa shape index (κ2) is 6.33. The Morgan fingerprint density at radius 1 is 1.55 bits per heavy atom. The highest BCUT2D eigenvalue weighted by atomic mass is 19.1. The van der Waals surface area contributed by atoms with Gasteiger partial charge in [-0.2, -0.15) is 0 Å². The highest BCUT2D eigenvalue weighted by Crippen LogP contribution is 2.19. The number of halogens is 1. The quantitative estimate of drug-likeness (QED) is 0.862. The number of benzene rings is 1. The summed E-state index contributed by atoms with van der Waals surface area (Å²) < 4.78 is 18.5. The Labute approximate surface area is 118 Å². The fourth-order valence-corrected chi connectivity index (χ4v) is 2.65. The van der Waals surface area contributed by atoms with Crippen molar-refractivity contribution in [3.63, 3.8) is 0 Å². The van der Waals surface area contributed by atoms with Crippen LogP contribution >= 0.6 is 0 Å². The molecule has 20 heavy (non-hydrogen) atoms. The number of methoxy groups -OCH3 is 1. The zero-order valence-corrected chi connectivity index (χ0v) is 12.0. The SMILES string of the molecule is COCC1(CNC(=O)c2cc(F)ccc2C)CCCN1. The van der Waals surface area contributed by atoms with Gasteiger partial charge >= 0.3 is 0 Å². The molecule has 1 atom stereocenters. The van der Waals surface area contributed by atoms with Crippen LogP contribution in [0.2, 0.25) is 0 Å². The van der Waals surface area contributed by atoms with Gasteiger partial charge in [0.25, 0.3) is 5.91 Å². The summed E-state index contributed by atoms with van der Waals surface area (Å²) in [6.45, 7) is 3.76. The third-order valence-corrected chi connectivity index (χ3v) is 3.78. The molecule has 2 rings (SSSR count). The van der Waals surface area contributed by atoms with Gasteiger partial charge in [-0.1, -0.05) is 6.07 Å². The zero-order chi connectivity index (χ0) is 14.6. The number of aryl methyl sites for hydroxylation is 1. The minimum Gasteiger partial charge on any atom is -0.383 e. The average molecular weight is 280 g/mol. The average Bonchev–Trinajstić information content (AvgIpc) is 2.88. The standard InChI is InChI=1S/C15H21FN2O2/c1-11-4-5-12(16)8-13(11)14(19)17-9-15(10-20-2)6-3-7-18-15/h4-5,8,18H,3,6-7,9-10H2,1-2H3,(H,17,19). The van der Waals surface area contributed by atoms with E-state index in [2.05, 4.69) is 10.6 Å². The van der Waals surface area contributed by atoms with E-state index in [0.29, 0.717) is 18.7 Å². The molecule has 1 aromatic carbocycles. The molecule has 1 aliphatic rings. The Balaban J connectivity index is 2.02. The van der Waals surface area contributed by atoms with Gasteiger partial charge in [0, 0.05) is 19.2 Å². The van der Waals surface area contributed by atoms with Crippen LogP contribution in [0.25, 0.3) is 0 Å². The van der Waals surface area contributed by atoms with Crippen LogP contribution in [0.3, 0.4) is 0 Å². The Bertz CT molecular complexity index is 485. The molecule has 110 valence electrons. The predicted molar refractivity (Wildman–Crippen MR) is 75.3 cm³/mol. The first-order valence-electron chi connectivity index (χ1n) is 6.85. The van der Waals surface area contributed by atoms with E-state index < -0.39 is 5.82 Å². The summed E-state index contributed by atoms with van der Waals surface area (Å²) >= 11 is 0. The van der Waals surface area contributed by atoms with Crippen molar-refractivity contribution in [1.29, 1.82) is 0 Å². The molecule has 4 nitrogen and oxygen atoms in total. The Morgan fingerprint density at radius 2 is 2.35 bits per heavy atom. The molecular weight excluding hydrogens is 259 g/mol. The lowest BCUT2D eigenvalue weighted by Gasteiger charge is -2.29. The molecule has 1 unspecified atom stereocenters. The molecule has 1 saturated heterocycles. The number of amides is 1. The van der Waals surface area contributed by atoms with Gasteiger partial charge in [-0.15, -0.1) is 0 Å². The van der Waals surface area contributed by atoms with Crippen molar-refractivity contribution >= 4 is 5.91 Å². The van der Waals surface area contributed by atoms with E-state index in [1.165, 1.54) is 12.1 Å². The summed E-state index contributed by atoms with van der Waals surface area (Å²) in [5.74, 6) is -0.641. The maximum atomic E-state index is 13.2. The van der Waals surface area contributed by atoms with Gasteiger partial charge < -0.3 is 15.4 Å². The lowest BCUT2D eigenvalue weighted by atomic mass is 9.98. The topological polar surface area (TPSA) is 50.4 Å². The number of rotatable bonds is 5. The van der Waals surface area contributed by atoms with Crippen LogP contribution in [-0.2, 0) is 4.74 Å². The lowest BCUT2D eigenvalue weighted by molar-refractivity contribution is 0.0891. The Kier molecular flexibility index (Phi) is 4.73. The van der Waals surface area contributed by atoms with E-state index in [1.807, 2.05) is 0 Å². The fourth-order valence-electron chi connectivity index (χ4n) is 2.65. The maximum absolute atomic E-state index is 13.2. The molecule has 0 bridgehead atoms. The molecule has 1 fully saturated rings. The number of carbonyl (C=O) groups is 1. The number of hydrogen-bond donors (Lipinski definition) is 2. The first-order valence-corrected chi connectivity index (χ1v) is 6.85. The molecule has 1 amide bonds. The number of hydrogen-bond acceptors (Lipinski definition) is 3. The van der Waals surface area contributed by atoms with E-state index in [9.17, 15) is 9.18 Å². The second-order valence-electron chi connectivity index (χ2n) is 5.39. The van der Waals surface area contributed by atoms with Gasteiger partial charge in [-0.3, -0.25) is 4.79 Å². The highest BCUT2D eigenvalue weighted by molar-refractivity contribution is 5.95. The fraction of sp³-hybridized carbons (Fsp3) is 0.533. The third kappa shape index (κ3) is 3.35. The van der Waals surface area contributed by atoms with Crippen molar-refractivity contribution in [2.75, 3.05) is 26.8 Å². The summed E-state index contributed by atoms with van der Waals surface area (Å²) in [7, 11) is 1.65. The molecule has 1 aliphatic heterocycles. The maximum Gasteiger partial charge on any atom is 0.251 e. The molecule has 5 heteroatoms. The molecule has 1 heterocycles. The smallest absolute Gasteiger partial charge is 0.251 e. The number of ether oxygens (including phenoxy) is 1. The first-order chi connectivity index (χ1) is 9.56. The third-order valence-electron chi connectivity index (χ3n) is 3.78. The van der Waals surface area contributed by atoms with E-state index in [0.717, 1.165) is 24.9 Å². The molecule has 1 aromatic rings. The van der Waals surface area contributed by atoms with Crippen molar-refractivity contribution < 1.29 is 13.9 Å². The summed E-state index contributed by atoms with van der Waals surface area (Å²) in [6.07, 6.45) is 2.03. The summed E-state index contributed by atoms with van der Waals surface area (Å²) in [5, 5.41) is 6.28. The molecule has 0 radical (unpaired) electrons. The van der Waals surface area contributed by atoms with Crippen molar-refractivity contribution in [2.24, 2.45) is 0 Å². The minimum absolute atomic E-state index is 0.203. The largest absolute Gasteiger partial charge is 0.383 e. The van der Waals surface area contributed by atoms with Crippen LogP contribution in [0.15, 0.2) is 18.2 Å². The highest BCUT2D eigenvalue weighted by Gasteiger charge is 2.33. The first kappa shape index (κ1) is 14.9. The molecule has 0 aromatic heterocycles. The predicted octanol–water partition coefficient (Wildman–Crippen LogP) is 1.63. The molecule has 0 spiro atoms. The Morgan fingerprint density at radius 3 is 3.00 bits per heavy atom. The molecule has 0 saturated carbocycles. The van der Waals surface area contributed by atoms with Crippen molar-refractivity contribution in [3.05, 3.63) is 35.1 Å². The van der Waals surface area contributed by atoms with Gasteiger partial charge in [0.1, 0.15) is 5.82 Å². The monoisotopic (exact) mass is 280 g/mol. The van der Waals surface area contributed by atoms with E-state index in [1.54, 1.807) is 20.1 Å².